The topological polar surface area (TPSA) is 111 Å². The van der Waals surface area contributed by atoms with Crippen LogP contribution in [0.3, 0.4) is 0 Å². The number of amides is 3. The van der Waals surface area contributed by atoms with Gasteiger partial charge in [0.25, 0.3) is 0 Å². The van der Waals surface area contributed by atoms with Crippen molar-refractivity contribution in [3.63, 3.8) is 0 Å². The first-order chi connectivity index (χ1) is 18.0. The predicted octanol–water partition coefficient (Wildman–Crippen LogP) is 5.08. The molecule has 3 amide bonds. The number of nitrogens with zero attached hydrogens (tertiary/aromatic N) is 3. The number of hydrogen-bond acceptors (Lipinski definition) is 6. The molecule has 4 N–H and O–H groups in total. The quantitative estimate of drug-likeness (QED) is 0.255. The Morgan fingerprint density at radius 3 is 2.57 bits per heavy atom. The number of aromatic nitrogens is 2. The van der Waals surface area contributed by atoms with Crippen molar-refractivity contribution in [2.24, 2.45) is 0 Å². The molecule has 1 fully saturated rings. The van der Waals surface area contributed by atoms with Gasteiger partial charge in [-0.2, -0.15) is 4.98 Å². The van der Waals surface area contributed by atoms with E-state index in [0.717, 1.165) is 48.1 Å². The van der Waals surface area contributed by atoms with Crippen LogP contribution in [0.1, 0.15) is 30.4 Å². The Hall–Kier alpha value is -3.66. The lowest BCUT2D eigenvalue weighted by Crippen LogP contribution is -2.32. The fraction of sp³-hybridized carbons (Fsp3) is 0.333. The first-order valence-corrected chi connectivity index (χ1v) is 13.3. The average molecular weight is 567 g/mol. The van der Waals surface area contributed by atoms with Crippen molar-refractivity contribution in [3.05, 3.63) is 70.3 Å². The minimum absolute atomic E-state index is 0.0115. The molecule has 4 rings (SSSR count). The molecule has 37 heavy (non-hydrogen) atoms. The summed E-state index contributed by atoms with van der Waals surface area (Å²) in [5.74, 6) is 1.10. The molecule has 194 valence electrons. The lowest BCUT2D eigenvalue weighted by Gasteiger charge is -2.16. The number of likely N-dealkylation sites (tertiary alicyclic amines) is 1. The summed E-state index contributed by atoms with van der Waals surface area (Å²) < 4.78 is 0.744. The second kappa shape index (κ2) is 13.0. The third-order valence-electron chi connectivity index (χ3n) is 5.96. The van der Waals surface area contributed by atoms with Crippen molar-refractivity contribution in [2.75, 3.05) is 42.1 Å². The van der Waals surface area contributed by atoms with E-state index in [2.05, 4.69) is 47.2 Å². The van der Waals surface area contributed by atoms with Crippen LogP contribution < -0.4 is 21.3 Å². The molecule has 1 aliphatic heterocycles. The van der Waals surface area contributed by atoms with Gasteiger partial charge in [-0.3, -0.25) is 4.79 Å². The predicted molar refractivity (Wildman–Crippen MR) is 150 cm³/mol. The summed E-state index contributed by atoms with van der Waals surface area (Å²) in [6, 6.07) is 15.4. The summed E-state index contributed by atoms with van der Waals surface area (Å²) in [6.45, 7) is 4.83. The summed E-state index contributed by atoms with van der Waals surface area (Å²) in [7, 11) is 0. The number of rotatable bonds is 10. The molecule has 0 bridgehead atoms. The van der Waals surface area contributed by atoms with Crippen LogP contribution in [0.15, 0.2) is 59.2 Å². The first-order valence-electron chi connectivity index (χ1n) is 12.5. The molecule has 1 saturated heterocycles. The first kappa shape index (κ1) is 26.4. The zero-order valence-corrected chi connectivity index (χ0v) is 22.5. The minimum atomic E-state index is -0.0765. The maximum absolute atomic E-state index is 12.4. The molecule has 0 atom stereocenters. The number of nitrogens with one attached hydrogen (secondary N) is 4. The van der Waals surface area contributed by atoms with Gasteiger partial charge < -0.3 is 26.2 Å². The van der Waals surface area contributed by atoms with E-state index in [4.69, 9.17) is 0 Å². The Labute approximate surface area is 225 Å². The number of carbonyl (C=O) groups is 2. The maximum atomic E-state index is 12.4. The van der Waals surface area contributed by atoms with Gasteiger partial charge in [-0.05, 0) is 65.9 Å². The highest BCUT2D eigenvalue weighted by Gasteiger charge is 2.17. The summed E-state index contributed by atoms with van der Waals surface area (Å²) in [6.07, 6.45) is 4.91. The van der Waals surface area contributed by atoms with E-state index in [-0.39, 0.29) is 11.9 Å². The van der Waals surface area contributed by atoms with E-state index in [1.165, 1.54) is 5.56 Å². The Kier molecular flexibility index (Phi) is 9.31. The molecule has 3 aromatic rings. The Bertz CT molecular complexity index is 1210. The highest BCUT2D eigenvalue weighted by molar-refractivity contribution is 9.10. The van der Waals surface area contributed by atoms with E-state index < -0.39 is 0 Å². The fourth-order valence-corrected chi connectivity index (χ4v) is 4.29. The number of carbonyl (C=O) groups excluding carboxylic acids is 2. The molecule has 9 nitrogen and oxygen atoms in total. The van der Waals surface area contributed by atoms with Crippen molar-refractivity contribution in [1.82, 2.24) is 20.2 Å². The Morgan fingerprint density at radius 1 is 1.03 bits per heavy atom. The van der Waals surface area contributed by atoms with E-state index in [1.54, 1.807) is 6.20 Å². The van der Waals surface area contributed by atoms with Gasteiger partial charge in [0.1, 0.15) is 5.82 Å². The molecule has 0 saturated carbocycles. The molecule has 2 aromatic carbocycles. The molecule has 0 unspecified atom stereocenters. The third-order valence-corrected chi connectivity index (χ3v) is 6.54. The lowest BCUT2D eigenvalue weighted by atomic mass is 10.1. The monoisotopic (exact) mass is 565 g/mol. The van der Waals surface area contributed by atoms with E-state index in [9.17, 15) is 9.59 Å². The number of urea groups is 1. The van der Waals surface area contributed by atoms with Crippen LogP contribution in [0.4, 0.5) is 27.9 Å². The smallest absolute Gasteiger partial charge is 0.321 e. The third kappa shape index (κ3) is 8.18. The maximum Gasteiger partial charge on any atom is 0.321 e. The Balaban J connectivity index is 1.23. The normalized spacial score (nSPS) is 12.8. The van der Waals surface area contributed by atoms with Crippen LogP contribution in [0.5, 0.6) is 0 Å². The molecule has 2 heterocycles. The zero-order chi connectivity index (χ0) is 26.0. The molecule has 10 heteroatoms. The van der Waals surface area contributed by atoms with Crippen LogP contribution in [0.25, 0.3) is 0 Å². The number of anilines is 4. The van der Waals surface area contributed by atoms with E-state index in [1.807, 2.05) is 60.4 Å². The highest BCUT2D eigenvalue weighted by atomic mass is 79.9. The summed E-state index contributed by atoms with van der Waals surface area (Å²) >= 11 is 3.48. The number of halogens is 1. The van der Waals surface area contributed by atoms with Gasteiger partial charge >= 0.3 is 6.03 Å². The average Bonchev–Trinajstić information content (AvgIpc) is 3.43. The molecule has 1 aromatic heterocycles. The van der Waals surface area contributed by atoms with Gasteiger partial charge in [-0.1, -0.05) is 35.9 Å². The van der Waals surface area contributed by atoms with Crippen molar-refractivity contribution in [2.45, 2.75) is 32.6 Å². The summed E-state index contributed by atoms with van der Waals surface area (Å²) in [5, 5.41) is 12.4. The Morgan fingerprint density at radius 2 is 1.78 bits per heavy atom. The van der Waals surface area contributed by atoms with Gasteiger partial charge in [0.2, 0.25) is 11.9 Å². The van der Waals surface area contributed by atoms with Crippen molar-refractivity contribution < 1.29 is 9.59 Å². The van der Waals surface area contributed by atoms with Crippen LogP contribution in [0, 0.1) is 6.92 Å². The largest absolute Gasteiger partial charge is 0.369 e. The molecular formula is C27H32BrN7O2. The number of aryl methyl sites for hydroxylation is 1. The molecule has 0 aliphatic carbocycles. The van der Waals surface area contributed by atoms with Gasteiger partial charge in [-0.15, -0.1) is 0 Å². The van der Waals surface area contributed by atoms with Crippen molar-refractivity contribution >= 4 is 51.0 Å². The molecule has 0 spiro atoms. The van der Waals surface area contributed by atoms with Crippen LogP contribution in [0.2, 0.25) is 0 Å². The van der Waals surface area contributed by atoms with Gasteiger partial charge in [0.05, 0.1) is 10.9 Å². The van der Waals surface area contributed by atoms with Crippen LogP contribution >= 0.6 is 15.9 Å². The standard InChI is InChI=1S/C27H32BrN7O2/c1-19-8-10-20(11-9-19)16-24(36)29-12-5-13-30-25-23(28)18-31-26(34-25)32-21-6-4-7-22(17-21)33-27(37)35-14-2-3-15-35/h4,6-11,17-18H,2-3,5,12-16H2,1H3,(H,29,36)(H,33,37)(H2,30,31,32,34). The van der Waals surface area contributed by atoms with Gasteiger partial charge in [-0.25, -0.2) is 9.78 Å². The fourth-order valence-electron chi connectivity index (χ4n) is 3.95. The highest BCUT2D eigenvalue weighted by Crippen LogP contribution is 2.23. The van der Waals surface area contributed by atoms with Gasteiger partial charge in [0, 0.05) is 43.8 Å². The molecule has 1 aliphatic rings. The molecule has 0 radical (unpaired) electrons. The zero-order valence-electron chi connectivity index (χ0n) is 20.9. The second-order valence-electron chi connectivity index (χ2n) is 9.01. The van der Waals surface area contributed by atoms with Crippen LogP contribution in [-0.4, -0.2) is 53.0 Å². The number of hydrogen-bond donors (Lipinski definition) is 4. The summed E-state index contributed by atoms with van der Waals surface area (Å²) in [5.41, 5.74) is 3.66. The van der Waals surface area contributed by atoms with E-state index in [0.29, 0.717) is 37.0 Å². The second-order valence-corrected chi connectivity index (χ2v) is 9.87. The minimum Gasteiger partial charge on any atom is -0.369 e. The van der Waals surface area contributed by atoms with Crippen molar-refractivity contribution in [1.29, 1.82) is 0 Å². The van der Waals surface area contributed by atoms with Crippen LogP contribution in [-0.2, 0) is 11.2 Å². The van der Waals surface area contributed by atoms with E-state index >= 15 is 0 Å². The molecular weight excluding hydrogens is 534 g/mol. The van der Waals surface area contributed by atoms with Gasteiger partial charge in [0.15, 0.2) is 0 Å². The summed E-state index contributed by atoms with van der Waals surface area (Å²) in [4.78, 5) is 35.3. The lowest BCUT2D eigenvalue weighted by molar-refractivity contribution is -0.120. The SMILES string of the molecule is Cc1ccc(CC(=O)NCCCNc2nc(Nc3cccc(NC(=O)N4CCCC4)c3)ncc2Br)cc1. The van der Waals surface area contributed by atoms with Crippen molar-refractivity contribution in [3.8, 4) is 0 Å². The number of benzene rings is 2.